The molecule has 98 valence electrons. The van der Waals surface area contributed by atoms with Crippen LogP contribution in [0.5, 0.6) is 0 Å². The van der Waals surface area contributed by atoms with Crippen molar-refractivity contribution in [2.75, 3.05) is 39.8 Å². The van der Waals surface area contributed by atoms with Gasteiger partial charge in [-0.3, -0.25) is 4.79 Å². The lowest BCUT2D eigenvalue weighted by molar-refractivity contribution is -0.131. The Balaban J connectivity index is 1.76. The summed E-state index contributed by atoms with van der Waals surface area (Å²) in [5, 5.41) is 6.47. The second kappa shape index (κ2) is 5.36. The van der Waals surface area contributed by atoms with E-state index in [-0.39, 0.29) is 11.3 Å². The van der Waals surface area contributed by atoms with Crippen LogP contribution in [0.2, 0.25) is 0 Å². The number of rotatable bonds is 3. The van der Waals surface area contributed by atoms with Crippen molar-refractivity contribution in [3.05, 3.63) is 0 Å². The zero-order valence-corrected chi connectivity index (χ0v) is 11.1. The van der Waals surface area contributed by atoms with Crippen molar-refractivity contribution in [1.82, 2.24) is 15.5 Å². The van der Waals surface area contributed by atoms with E-state index in [2.05, 4.69) is 29.5 Å². The molecule has 4 heteroatoms. The van der Waals surface area contributed by atoms with Crippen molar-refractivity contribution < 1.29 is 4.79 Å². The Bertz CT molecular complexity index is 274. The maximum atomic E-state index is 12.2. The molecule has 1 amide bonds. The van der Waals surface area contributed by atoms with Crippen LogP contribution >= 0.6 is 0 Å². The summed E-state index contributed by atoms with van der Waals surface area (Å²) in [5.74, 6) is 0.905. The van der Waals surface area contributed by atoms with Gasteiger partial charge in [0.05, 0.1) is 0 Å². The number of carbonyl (C=O) groups is 1. The molecule has 1 unspecified atom stereocenters. The number of likely N-dealkylation sites (tertiary alicyclic amines) is 1. The van der Waals surface area contributed by atoms with Crippen molar-refractivity contribution in [1.29, 1.82) is 0 Å². The third-order valence-electron chi connectivity index (χ3n) is 4.30. The summed E-state index contributed by atoms with van der Waals surface area (Å²) < 4.78 is 0. The molecule has 0 radical (unpaired) electrons. The molecular weight excluding hydrogens is 214 g/mol. The molecule has 17 heavy (non-hydrogen) atoms. The minimum Gasteiger partial charge on any atom is -0.355 e. The van der Waals surface area contributed by atoms with Gasteiger partial charge in [0.2, 0.25) is 5.91 Å². The van der Waals surface area contributed by atoms with Gasteiger partial charge in [0.15, 0.2) is 0 Å². The van der Waals surface area contributed by atoms with Gasteiger partial charge >= 0.3 is 0 Å². The number of hydrogen-bond acceptors (Lipinski definition) is 3. The largest absolute Gasteiger partial charge is 0.355 e. The zero-order chi connectivity index (χ0) is 12.3. The van der Waals surface area contributed by atoms with Crippen LogP contribution in [0, 0.1) is 11.3 Å². The highest BCUT2D eigenvalue weighted by molar-refractivity contribution is 5.82. The highest BCUT2D eigenvalue weighted by atomic mass is 16.2. The fraction of sp³-hybridized carbons (Fsp3) is 0.923. The number of carbonyl (C=O) groups excluding carboxylic acids is 1. The fourth-order valence-corrected chi connectivity index (χ4v) is 2.85. The lowest BCUT2D eigenvalue weighted by Gasteiger charge is -2.32. The monoisotopic (exact) mass is 239 g/mol. The van der Waals surface area contributed by atoms with Crippen LogP contribution < -0.4 is 10.6 Å². The first kappa shape index (κ1) is 12.8. The Labute approximate surface area is 104 Å². The number of piperidine rings is 1. The van der Waals surface area contributed by atoms with E-state index >= 15 is 0 Å². The zero-order valence-electron chi connectivity index (χ0n) is 11.1. The van der Waals surface area contributed by atoms with Crippen LogP contribution in [-0.2, 0) is 4.79 Å². The highest BCUT2D eigenvalue weighted by Crippen LogP contribution is 2.28. The lowest BCUT2D eigenvalue weighted by atomic mass is 9.80. The predicted molar refractivity (Wildman–Crippen MR) is 68.8 cm³/mol. The minimum absolute atomic E-state index is 0.143. The topological polar surface area (TPSA) is 44.4 Å². The van der Waals surface area contributed by atoms with Crippen molar-refractivity contribution in [2.45, 2.75) is 26.2 Å². The van der Waals surface area contributed by atoms with Crippen LogP contribution in [0.3, 0.4) is 0 Å². The lowest BCUT2D eigenvalue weighted by Crippen LogP contribution is -2.47. The van der Waals surface area contributed by atoms with Crippen LogP contribution in [0.1, 0.15) is 26.2 Å². The van der Waals surface area contributed by atoms with Gasteiger partial charge in [0, 0.05) is 18.5 Å². The normalized spacial score (nSPS) is 29.2. The molecule has 2 saturated heterocycles. The Kier molecular flexibility index (Phi) is 4.05. The quantitative estimate of drug-likeness (QED) is 0.751. The van der Waals surface area contributed by atoms with E-state index < -0.39 is 0 Å². The average molecular weight is 239 g/mol. The second-order valence-electron chi connectivity index (χ2n) is 5.94. The Hall–Kier alpha value is -0.610. The first-order valence-corrected chi connectivity index (χ1v) is 6.78. The maximum Gasteiger partial charge on any atom is 0.226 e. The molecule has 0 aromatic carbocycles. The Morgan fingerprint density at radius 2 is 2.18 bits per heavy atom. The van der Waals surface area contributed by atoms with Gasteiger partial charge in [-0.05, 0) is 51.9 Å². The summed E-state index contributed by atoms with van der Waals surface area (Å²) in [6.07, 6.45) is 3.14. The number of amides is 1. The van der Waals surface area contributed by atoms with Crippen molar-refractivity contribution in [3.63, 3.8) is 0 Å². The summed E-state index contributed by atoms with van der Waals surface area (Å²) in [6, 6.07) is 0. The van der Waals surface area contributed by atoms with Gasteiger partial charge in [-0.1, -0.05) is 6.92 Å². The van der Waals surface area contributed by atoms with Crippen molar-refractivity contribution in [2.24, 2.45) is 11.3 Å². The average Bonchev–Trinajstić information content (AvgIpc) is 2.73. The van der Waals surface area contributed by atoms with E-state index in [0.717, 1.165) is 39.0 Å². The van der Waals surface area contributed by atoms with E-state index in [4.69, 9.17) is 0 Å². The van der Waals surface area contributed by atoms with Gasteiger partial charge in [-0.25, -0.2) is 0 Å². The summed E-state index contributed by atoms with van der Waals surface area (Å²) >= 11 is 0. The molecule has 0 aromatic heterocycles. The van der Waals surface area contributed by atoms with E-state index in [1.54, 1.807) is 0 Å². The molecule has 4 nitrogen and oxygen atoms in total. The van der Waals surface area contributed by atoms with Crippen LogP contribution in [0.4, 0.5) is 0 Å². The van der Waals surface area contributed by atoms with Crippen LogP contribution in [0.25, 0.3) is 0 Å². The van der Waals surface area contributed by atoms with Gasteiger partial charge in [-0.2, -0.15) is 0 Å². The number of hydrogen-bond donors (Lipinski definition) is 2. The van der Waals surface area contributed by atoms with Gasteiger partial charge in [0.25, 0.3) is 0 Å². The molecule has 2 aliphatic heterocycles. The standard InChI is InChI=1S/C13H25N3O/c1-13(4-6-14-7-5-13)12(17)15-9-11-3-8-16(2)10-11/h11,14H,3-10H2,1-2H3,(H,15,17). The summed E-state index contributed by atoms with van der Waals surface area (Å²) in [6.45, 7) is 7.18. The molecule has 2 aliphatic rings. The molecule has 2 fully saturated rings. The Morgan fingerprint density at radius 1 is 1.47 bits per heavy atom. The van der Waals surface area contributed by atoms with Crippen LogP contribution in [-0.4, -0.2) is 50.6 Å². The summed E-state index contributed by atoms with van der Waals surface area (Å²) in [4.78, 5) is 14.5. The molecule has 2 heterocycles. The molecule has 0 bridgehead atoms. The van der Waals surface area contributed by atoms with Crippen molar-refractivity contribution in [3.8, 4) is 0 Å². The second-order valence-corrected chi connectivity index (χ2v) is 5.94. The molecule has 2 rings (SSSR count). The van der Waals surface area contributed by atoms with Crippen molar-refractivity contribution >= 4 is 5.91 Å². The number of nitrogens with zero attached hydrogens (tertiary/aromatic N) is 1. The SMILES string of the molecule is CN1CCC(CNC(=O)C2(C)CCNCC2)C1. The third kappa shape index (κ3) is 3.19. The highest BCUT2D eigenvalue weighted by Gasteiger charge is 2.34. The van der Waals surface area contributed by atoms with Crippen LogP contribution in [0.15, 0.2) is 0 Å². The maximum absolute atomic E-state index is 12.2. The van der Waals surface area contributed by atoms with E-state index in [1.807, 2.05) is 0 Å². The molecule has 1 atom stereocenters. The van der Waals surface area contributed by atoms with Gasteiger partial charge in [0.1, 0.15) is 0 Å². The van der Waals surface area contributed by atoms with Gasteiger partial charge in [-0.15, -0.1) is 0 Å². The predicted octanol–water partition coefficient (Wildman–Crippen LogP) is 0.444. The molecule has 0 aromatic rings. The molecule has 0 spiro atoms. The van der Waals surface area contributed by atoms with Gasteiger partial charge < -0.3 is 15.5 Å². The number of nitrogens with one attached hydrogen (secondary N) is 2. The summed E-state index contributed by atoms with van der Waals surface area (Å²) in [5.41, 5.74) is -0.143. The molecule has 2 N–H and O–H groups in total. The molecule has 0 saturated carbocycles. The Morgan fingerprint density at radius 3 is 2.76 bits per heavy atom. The van der Waals surface area contributed by atoms with E-state index in [9.17, 15) is 4.79 Å². The third-order valence-corrected chi connectivity index (χ3v) is 4.30. The summed E-state index contributed by atoms with van der Waals surface area (Å²) in [7, 11) is 2.15. The minimum atomic E-state index is -0.143. The smallest absolute Gasteiger partial charge is 0.226 e. The van der Waals surface area contributed by atoms with E-state index in [0.29, 0.717) is 5.92 Å². The molecule has 0 aliphatic carbocycles. The fourth-order valence-electron chi connectivity index (χ4n) is 2.85. The first-order chi connectivity index (χ1) is 8.10. The van der Waals surface area contributed by atoms with E-state index in [1.165, 1.54) is 13.0 Å². The molecular formula is C13H25N3O. The first-order valence-electron chi connectivity index (χ1n) is 6.78.